The molecule has 4 rings (SSSR count). The minimum Gasteiger partial charge on any atom is -0.547 e. The Labute approximate surface area is 185 Å². The van der Waals surface area contributed by atoms with Gasteiger partial charge in [-0.25, -0.2) is 0 Å². The molecule has 1 aromatic heterocycles. The van der Waals surface area contributed by atoms with Gasteiger partial charge in [-0.3, -0.25) is 4.79 Å². The van der Waals surface area contributed by atoms with Crippen molar-refractivity contribution in [3.63, 3.8) is 0 Å². The van der Waals surface area contributed by atoms with Gasteiger partial charge in [0.25, 0.3) is 0 Å². The fraction of sp³-hybridized carbons (Fsp3) is 0.273. The lowest BCUT2D eigenvalue weighted by molar-refractivity contribution is -0.342. The maximum atomic E-state index is 12.9. The van der Waals surface area contributed by atoms with Crippen LogP contribution in [0.15, 0.2) is 51.9 Å². The molecule has 11 heteroatoms. The number of benzene rings is 2. The predicted molar refractivity (Wildman–Crippen MR) is 108 cm³/mol. The van der Waals surface area contributed by atoms with Crippen LogP contribution in [-0.2, 0) is 9.53 Å². The largest absolute Gasteiger partial charge is 0.547 e. The summed E-state index contributed by atoms with van der Waals surface area (Å²) < 4.78 is 21.0. The number of hydrogen-bond donors (Lipinski definition) is 4. The molecule has 174 valence electrons. The van der Waals surface area contributed by atoms with Crippen molar-refractivity contribution in [1.82, 2.24) is 0 Å². The van der Waals surface area contributed by atoms with Crippen LogP contribution in [0.25, 0.3) is 22.1 Å². The molecule has 0 aliphatic carbocycles. The number of hydrogen-bond acceptors (Lipinski definition) is 11. The number of aliphatic carboxylic acids is 1. The van der Waals surface area contributed by atoms with Crippen LogP contribution in [0.1, 0.15) is 0 Å². The van der Waals surface area contributed by atoms with Crippen LogP contribution in [0.5, 0.6) is 17.2 Å². The topological polar surface area (TPSA) is 179 Å². The Kier molecular flexibility index (Phi) is 5.95. The number of methoxy groups -OCH3 is 1. The van der Waals surface area contributed by atoms with Crippen LogP contribution < -0.4 is 20.0 Å². The number of carbonyl (C=O) groups is 1. The fourth-order valence-corrected chi connectivity index (χ4v) is 3.51. The molecule has 33 heavy (non-hydrogen) atoms. The van der Waals surface area contributed by atoms with Gasteiger partial charge in [0.15, 0.2) is 0 Å². The highest BCUT2D eigenvalue weighted by Crippen LogP contribution is 2.31. The first-order valence-corrected chi connectivity index (χ1v) is 9.71. The zero-order valence-electron chi connectivity index (χ0n) is 17.1. The molecule has 0 unspecified atom stereocenters. The van der Waals surface area contributed by atoms with E-state index in [1.54, 1.807) is 0 Å². The van der Waals surface area contributed by atoms with E-state index in [0.29, 0.717) is 11.3 Å². The minimum atomic E-state index is -1.90. The summed E-state index contributed by atoms with van der Waals surface area (Å²) in [4.78, 5) is 24.0. The zero-order valence-corrected chi connectivity index (χ0v) is 17.1. The summed E-state index contributed by atoms with van der Waals surface area (Å²) in [5.74, 6) is -1.64. The van der Waals surface area contributed by atoms with E-state index in [9.17, 15) is 35.1 Å². The summed E-state index contributed by atoms with van der Waals surface area (Å²) in [6.45, 7) is 0. The van der Waals surface area contributed by atoms with Crippen LogP contribution in [0.3, 0.4) is 0 Å². The number of ether oxygens (including phenoxy) is 3. The summed E-state index contributed by atoms with van der Waals surface area (Å²) in [5.41, 5.74) is 0.234. The summed E-state index contributed by atoms with van der Waals surface area (Å²) >= 11 is 0. The van der Waals surface area contributed by atoms with Crippen LogP contribution in [0.2, 0.25) is 0 Å². The Hall–Kier alpha value is -3.64. The van der Waals surface area contributed by atoms with Crippen molar-refractivity contribution >= 4 is 16.9 Å². The molecule has 2 aromatic carbocycles. The predicted octanol–water partition coefficient (Wildman–Crippen LogP) is -0.890. The van der Waals surface area contributed by atoms with Crippen molar-refractivity contribution in [3.05, 3.63) is 52.9 Å². The van der Waals surface area contributed by atoms with Crippen LogP contribution >= 0.6 is 0 Å². The number of aliphatic hydroxyl groups excluding tert-OH is 3. The third kappa shape index (κ3) is 4.10. The molecule has 0 bridgehead atoms. The summed E-state index contributed by atoms with van der Waals surface area (Å²) in [6, 6.07) is 8.57. The Bertz CT molecular complexity index is 1230. The van der Waals surface area contributed by atoms with Crippen molar-refractivity contribution in [3.8, 4) is 28.4 Å². The minimum absolute atomic E-state index is 0.0202. The summed E-state index contributed by atoms with van der Waals surface area (Å²) in [5, 5.41) is 50.9. The molecular formula is C22H19O11-. The van der Waals surface area contributed by atoms with E-state index >= 15 is 0 Å². The van der Waals surface area contributed by atoms with E-state index in [0.717, 1.165) is 0 Å². The highest BCUT2D eigenvalue weighted by molar-refractivity contribution is 5.88. The molecule has 3 aromatic rings. The van der Waals surface area contributed by atoms with Crippen molar-refractivity contribution in [2.75, 3.05) is 7.11 Å². The highest BCUT2D eigenvalue weighted by Gasteiger charge is 2.45. The van der Waals surface area contributed by atoms with Gasteiger partial charge in [-0.2, -0.15) is 0 Å². The fourth-order valence-electron chi connectivity index (χ4n) is 3.51. The van der Waals surface area contributed by atoms with E-state index in [1.807, 2.05) is 0 Å². The molecule has 1 saturated heterocycles. The van der Waals surface area contributed by atoms with Gasteiger partial charge in [0.1, 0.15) is 58.9 Å². The molecule has 4 N–H and O–H groups in total. The maximum absolute atomic E-state index is 12.9. The molecule has 11 nitrogen and oxygen atoms in total. The highest BCUT2D eigenvalue weighted by atomic mass is 16.7. The quantitative estimate of drug-likeness (QED) is 0.372. The second-order valence-electron chi connectivity index (χ2n) is 7.36. The normalized spacial score (nSPS) is 25.0. The van der Waals surface area contributed by atoms with E-state index in [4.69, 9.17) is 18.6 Å². The molecule has 1 fully saturated rings. The van der Waals surface area contributed by atoms with Crippen LogP contribution in [-0.4, -0.2) is 64.2 Å². The van der Waals surface area contributed by atoms with E-state index in [1.165, 1.54) is 49.8 Å². The lowest BCUT2D eigenvalue weighted by atomic mass is 9.99. The average molecular weight is 459 g/mol. The average Bonchev–Trinajstić information content (AvgIpc) is 2.79. The van der Waals surface area contributed by atoms with E-state index < -0.39 is 42.1 Å². The third-order valence-corrected chi connectivity index (χ3v) is 5.29. The number of carboxylic acids is 1. The van der Waals surface area contributed by atoms with Gasteiger partial charge in [0, 0.05) is 12.1 Å². The molecule has 2 heterocycles. The second-order valence-corrected chi connectivity index (χ2v) is 7.36. The van der Waals surface area contributed by atoms with E-state index in [-0.39, 0.29) is 28.0 Å². The molecule has 5 atom stereocenters. The third-order valence-electron chi connectivity index (χ3n) is 5.29. The van der Waals surface area contributed by atoms with Crippen molar-refractivity contribution in [2.24, 2.45) is 0 Å². The van der Waals surface area contributed by atoms with Crippen molar-refractivity contribution < 1.29 is 49.0 Å². The first-order chi connectivity index (χ1) is 15.7. The monoisotopic (exact) mass is 459 g/mol. The smallest absolute Gasteiger partial charge is 0.229 e. The lowest BCUT2D eigenvalue weighted by Gasteiger charge is -2.40. The molecule has 0 spiro atoms. The first kappa shape index (κ1) is 22.6. The summed E-state index contributed by atoms with van der Waals surface area (Å²) in [6.07, 6.45) is -7.73. The molecular weight excluding hydrogens is 440 g/mol. The first-order valence-electron chi connectivity index (χ1n) is 9.71. The summed E-state index contributed by atoms with van der Waals surface area (Å²) in [7, 11) is 1.41. The lowest BCUT2D eigenvalue weighted by Crippen LogP contribution is -2.63. The number of aliphatic hydroxyl groups is 3. The van der Waals surface area contributed by atoms with Gasteiger partial charge >= 0.3 is 0 Å². The van der Waals surface area contributed by atoms with Gasteiger partial charge < -0.3 is 49.0 Å². The van der Waals surface area contributed by atoms with Gasteiger partial charge in [-0.1, -0.05) is 12.1 Å². The molecule has 0 radical (unpaired) electrons. The van der Waals surface area contributed by atoms with Crippen molar-refractivity contribution in [2.45, 2.75) is 30.7 Å². The number of phenolic OH excluding ortho intramolecular Hbond substituents is 1. The number of fused-ring (bicyclic) bond motifs is 1. The Balaban J connectivity index is 1.59. The van der Waals surface area contributed by atoms with E-state index in [2.05, 4.69) is 0 Å². The SMILES string of the molecule is COc1cc(O)c2c(=O)c(-c3ccc(O[C@@H]4O[C@H](C(=O)[O-])[C@@H](O)[C@H](O)[C@H]4O)cc3)coc2c1. The zero-order chi connectivity index (χ0) is 23.9. The number of carboxylic acid groups (broad SMARTS) is 1. The molecule has 0 amide bonds. The number of carbonyl (C=O) groups excluding carboxylic acids is 1. The molecule has 0 saturated carbocycles. The Morgan fingerprint density at radius 3 is 2.36 bits per heavy atom. The van der Waals surface area contributed by atoms with Crippen LogP contribution in [0, 0.1) is 0 Å². The standard InChI is InChI=1S/C22H20O11/c1-30-11-6-13(23)15-14(7-11)31-8-12(16(15)24)9-2-4-10(5-3-9)32-22-19(27)17(25)18(26)20(33-22)21(28)29/h2-8,17-20,22-23,25-27H,1H3,(H,28,29)/p-1/t17-,18-,19+,20-,22+/m0/s1. The Morgan fingerprint density at radius 2 is 1.73 bits per heavy atom. The number of phenols is 1. The van der Waals surface area contributed by atoms with Gasteiger partial charge in [0.05, 0.1) is 18.6 Å². The molecule has 1 aliphatic rings. The maximum Gasteiger partial charge on any atom is 0.229 e. The molecule has 1 aliphatic heterocycles. The Morgan fingerprint density at radius 1 is 1.03 bits per heavy atom. The van der Waals surface area contributed by atoms with Gasteiger partial charge in [-0.15, -0.1) is 0 Å². The number of aromatic hydroxyl groups is 1. The number of rotatable bonds is 5. The van der Waals surface area contributed by atoms with Crippen LogP contribution in [0.4, 0.5) is 0 Å². The van der Waals surface area contributed by atoms with Crippen molar-refractivity contribution in [1.29, 1.82) is 0 Å². The van der Waals surface area contributed by atoms with Gasteiger partial charge in [-0.05, 0) is 17.7 Å². The van der Waals surface area contributed by atoms with Gasteiger partial charge in [0.2, 0.25) is 11.7 Å². The second kappa shape index (κ2) is 8.71.